The highest BCUT2D eigenvalue weighted by Gasteiger charge is 2.33. The highest BCUT2D eigenvalue weighted by molar-refractivity contribution is 5.69. The van der Waals surface area contributed by atoms with E-state index in [1.165, 1.54) is 0 Å². The Morgan fingerprint density at radius 1 is 1.07 bits per heavy atom. The highest BCUT2D eigenvalue weighted by atomic mass is 15.4. The van der Waals surface area contributed by atoms with Crippen LogP contribution in [0.1, 0.15) is 26.6 Å². The van der Waals surface area contributed by atoms with Crippen molar-refractivity contribution in [3.05, 3.63) is 42.6 Å². The smallest absolute Gasteiger partial charge is 0.178 e. The van der Waals surface area contributed by atoms with Gasteiger partial charge in [-0.3, -0.25) is 0 Å². The maximum atomic E-state index is 4.80. The SMILES string of the molecule is CN(c1nccn2nccc12)C1CN(c2ccc3nnc(C(C)(C)C)n3n2)C1. The zero-order valence-electron chi connectivity index (χ0n) is 16.5. The van der Waals surface area contributed by atoms with Gasteiger partial charge in [0.1, 0.15) is 11.3 Å². The molecule has 9 heteroatoms. The van der Waals surface area contributed by atoms with E-state index in [-0.39, 0.29) is 5.41 Å². The van der Waals surface area contributed by atoms with Gasteiger partial charge in [0, 0.05) is 37.9 Å². The first-order valence-electron chi connectivity index (χ1n) is 9.41. The number of aromatic nitrogens is 7. The standard InChI is InChI=1S/C19H23N9/c1-19(2,3)18-23-22-15-5-6-16(24-28(15)18)26-11-13(12-26)25(4)17-14-7-8-21-27(14)10-9-20-17/h5-10,13H,11-12H2,1-4H3. The van der Waals surface area contributed by atoms with Gasteiger partial charge in [0.05, 0.1) is 12.2 Å². The molecule has 9 nitrogen and oxygen atoms in total. The summed E-state index contributed by atoms with van der Waals surface area (Å²) in [5, 5.41) is 17.7. The minimum atomic E-state index is -0.113. The van der Waals surface area contributed by atoms with Gasteiger partial charge in [0.25, 0.3) is 0 Å². The molecule has 0 amide bonds. The lowest BCUT2D eigenvalue weighted by Crippen LogP contribution is -2.59. The third-order valence-corrected chi connectivity index (χ3v) is 5.29. The number of nitrogens with zero attached hydrogens (tertiary/aromatic N) is 9. The van der Waals surface area contributed by atoms with E-state index in [2.05, 4.69) is 57.9 Å². The molecule has 28 heavy (non-hydrogen) atoms. The van der Waals surface area contributed by atoms with E-state index in [1.807, 2.05) is 33.4 Å². The molecule has 0 unspecified atom stereocenters. The Morgan fingerprint density at radius 2 is 1.89 bits per heavy atom. The van der Waals surface area contributed by atoms with Gasteiger partial charge in [-0.1, -0.05) is 20.8 Å². The maximum absolute atomic E-state index is 4.80. The van der Waals surface area contributed by atoms with Crippen molar-refractivity contribution >= 4 is 22.8 Å². The average molecular weight is 377 g/mol. The summed E-state index contributed by atoms with van der Waals surface area (Å²) in [5.41, 5.74) is 1.68. The molecule has 4 aromatic rings. The van der Waals surface area contributed by atoms with Crippen LogP contribution < -0.4 is 9.80 Å². The molecule has 1 aliphatic heterocycles. The van der Waals surface area contributed by atoms with E-state index in [9.17, 15) is 0 Å². The van der Waals surface area contributed by atoms with Crippen molar-refractivity contribution in [2.75, 3.05) is 29.9 Å². The van der Waals surface area contributed by atoms with Crippen LogP contribution in [0.25, 0.3) is 11.2 Å². The molecular formula is C19H23N9. The molecule has 0 aromatic carbocycles. The van der Waals surface area contributed by atoms with Crippen LogP contribution in [0.4, 0.5) is 11.6 Å². The minimum absolute atomic E-state index is 0.113. The Bertz CT molecular complexity index is 1150. The third kappa shape index (κ3) is 2.57. The zero-order valence-corrected chi connectivity index (χ0v) is 16.5. The van der Waals surface area contributed by atoms with Crippen molar-refractivity contribution in [2.45, 2.75) is 32.2 Å². The van der Waals surface area contributed by atoms with Gasteiger partial charge < -0.3 is 9.80 Å². The number of likely N-dealkylation sites (N-methyl/N-ethyl adjacent to an activating group) is 1. The minimum Gasteiger partial charge on any atom is -0.351 e. The van der Waals surface area contributed by atoms with E-state index >= 15 is 0 Å². The first kappa shape index (κ1) is 16.9. The maximum Gasteiger partial charge on any atom is 0.178 e. The fourth-order valence-corrected chi connectivity index (χ4v) is 3.59. The van der Waals surface area contributed by atoms with E-state index in [1.54, 1.807) is 12.4 Å². The van der Waals surface area contributed by atoms with Crippen LogP contribution in [0.2, 0.25) is 0 Å². The van der Waals surface area contributed by atoms with E-state index in [4.69, 9.17) is 5.10 Å². The lowest BCUT2D eigenvalue weighted by Gasteiger charge is -2.45. The Hall–Kier alpha value is -3.23. The second-order valence-electron chi connectivity index (χ2n) is 8.32. The largest absolute Gasteiger partial charge is 0.351 e. The fraction of sp³-hybridized carbons (Fsp3) is 0.421. The number of rotatable bonds is 3. The molecule has 4 aromatic heterocycles. The second kappa shape index (κ2) is 5.88. The first-order chi connectivity index (χ1) is 13.4. The summed E-state index contributed by atoms with van der Waals surface area (Å²) in [5.74, 6) is 2.76. The van der Waals surface area contributed by atoms with Crippen LogP contribution >= 0.6 is 0 Å². The van der Waals surface area contributed by atoms with Gasteiger partial charge in [0.2, 0.25) is 0 Å². The normalized spacial score (nSPS) is 15.4. The summed E-state index contributed by atoms with van der Waals surface area (Å²) in [7, 11) is 2.09. The van der Waals surface area contributed by atoms with E-state index < -0.39 is 0 Å². The predicted molar refractivity (Wildman–Crippen MR) is 107 cm³/mol. The molecule has 0 aliphatic carbocycles. The van der Waals surface area contributed by atoms with Crippen molar-refractivity contribution in [1.29, 1.82) is 0 Å². The Kier molecular flexibility index (Phi) is 3.55. The summed E-state index contributed by atoms with van der Waals surface area (Å²) < 4.78 is 3.71. The van der Waals surface area contributed by atoms with Crippen LogP contribution in [0.5, 0.6) is 0 Å². The quantitative estimate of drug-likeness (QED) is 0.538. The lowest BCUT2D eigenvalue weighted by atomic mass is 9.96. The van der Waals surface area contributed by atoms with Gasteiger partial charge in [-0.25, -0.2) is 9.50 Å². The zero-order chi connectivity index (χ0) is 19.5. The third-order valence-electron chi connectivity index (χ3n) is 5.29. The average Bonchev–Trinajstić information content (AvgIpc) is 3.25. The van der Waals surface area contributed by atoms with Crippen molar-refractivity contribution in [3.8, 4) is 0 Å². The van der Waals surface area contributed by atoms with E-state index in [0.717, 1.165) is 41.7 Å². The molecule has 0 atom stereocenters. The topological polar surface area (TPSA) is 79.8 Å². The Labute approximate surface area is 162 Å². The number of anilines is 2. The Balaban J connectivity index is 1.37. The van der Waals surface area contributed by atoms with Gasteiger partial charge in [-0.2, -0.15) is 9.61 Å². The van der Waals surface area contributed by atoms with Crippen molar-refractivity contribution in [2.24, 2.45) is 0 Å². The second-order valence-corrected chi connectivity index (χ2v) is 8.32. The molecule has 1 saturated heterocycles. The lowest BCUT2D eigenvalue weighted by molar-refractivity contribution is 0.483. The van der Waals surface area contributed by atoms with Crippen molar-refractivity contribution in [1.82, 2.24) is 34.4 Å². The summed E-state index contributed by atoms with van der Waals surface area (Å²) >= 11 is 0. The summed E-state index contributed by atoms with van der Waals surface area (Å²) in [4.78, 5) is 9.06. The number of hydrogen-bond donors (Lipinski definition) is 0. The molecular weight excluding hydrogens is 354 g/mol. The molecule has 0 N–H and O–H groups in total. The van der Waals surface area contributed by atoms with Crippen LogP contribution in [0.15, 0.2) is 36.8 Å². The molecule has 1 aliphatic rings. The van der Waals surface area contributed by atoms with Crippen LogP contribution in [0, 0.1) is 0 Å². The van der Waals surface area contributed by atoms with Crippen LogP contribution in [0.3, 0.4) is 0 Å². The molecule has 0 bridgehead atoms. The number of fused-ring (bicyclic) bond motifs is 2. The highest BCUT2D eigenvalue weighted by Crippen LogP contribution is 2.27. The molecule has 144 valence electrons. The van der Waals surface area contributed by atoms with Crippen LogP contribution in [-0.2, 0) is 5.41 Å². The molecule has 0 radical (unpaired) electrons. The number of hydrogen-bond acceptors (Lipinski definition) is 7. The van der Waals surface area contributed by atoms with Crippen LogP contribution in [-0.4, -0.2) is 60.6 Å². The monoisotopic (exact) mass is 377 g/mol. The summed E-state index contributed by atoms with van der Waals surface area (Å²) in [6.07, 6.45) is 5.45. The molecule has 5 heterocycles. The summed E-state index contributed by atoms with van der Waals surface area (Å²) in [6, 6.07) is 6.36. The molecule has 1 fully saturated rings. The van der Waals surface area contributed by atoms with Gasteiger partial charge in [0.15, 0.2) is 17.3 Å². The van der Waals surface area contributed by atoms with Gasteiger partial charge in [-0.15, -0.1) is 15.3 Å². The Morgan fingerprint density at radius 3 is 2.68 bits per heavy atom. The van der Waals surface area contributed by atoms with Crippen molar-refractivity contribution in [3.63, 3.8) is 0 Å². The first-order valence-corrected chi connectivity index (χ1v) is 9.41. The predicted octanol–water partition coefficient (Wildman–Crippen LogP) is 1.79. The molecule has 0 spiro atoms. The molecule has 0 saturated carbocycles. The fourth-order valence-electron chi connectivity index (χ4n) is 3.59. The van der Waals surface area contributed by atoms with Gasteiger partial charge in [-0.05, 0) is 18.2 Å². The van der Waals surface area contributed by atoms with Gasteiger partial charge >= 0.3 is 0 Å². The summed E-state index contributed by atoms with van der Waals surface area (Å²) in [6.45, 7) is 8.14. The molecule has 5 rings (SSSR count). The van der Waals surface area contributed by atoms with E-state index in [0.29, 0.717) is 6.04 Å². The van der Waals surface area contributed by atoms with Crippen molar-refractivity contribution < 1.29 is 0 Å².